The maximum atomic E-state index is 12.4. The Labute approximate surface area is 306 Å². The number of carbonyl (C=O) groups excluding carboxylic acids is 1. The predicted molar refractivity (Wildman–Crippen MR) is 196 cm³/mol. The molecule has 0 unspecified atom stereocenters. The largest absolute Gasteiger partial charge is 0.506 e. The topological polar surface area (TPSA) is 182 Å². The fraction of sp³-hybridized carbons (Fsp3) is 0.526. The van der Waals surface area contributed by atoms with Gasteiger partial charge in [-0.15, -0.1) is 16.4 Å². The molecular formula is C38H48N6O7S. The summed E-state index contributed by atoms with van der Waals surface area (Å²) >= 11 is 1.40. The molecule has 2 aromatic carbocycles. The summed E-state index contributed by atoms with van der Waals surface area (Å²) < 4.78 is 7.45. The molecule has 0 radical (unpaired) electrons. The number of aliphatic hydroxyl groups excluding tert-OH is 1. The lowest BCUT2D eigenvalue weighted by Gasteiger charge is -2.36. The monoisotopic (exact) mass is 732 g/mol. The number of aromatic hydroxyl groups is 1. The molecular weight excluding hydrogens is 685 g/mol. The first-order chi connectivity index (χ1) is 25.1. The van der Waals surface area contributed by atoms with Crippen molar-refractivity contribution in [3.8, 4) is 11.5 Å². The Hall–Kier alpha value is -4.08. The van der Waals surface area contributed by atoms with Gasteiger partial charge in [-0.05, 0) is 111 Å². The number of hydrogen-bond donors (Lipinski definition) is 6. The molecule has 1 aliphatic heterocycles. The number of aromatic nitrogens is 3. The van der Waals surface area contributed by atoms with Crippen molar-refractivity contribution in [1.29, 1.82) is 0 Å². The van der Waals surface area contributed by atoms with E-state index in [0.717, 1.165) is 93.0 Å². The van der Waals surface area contributed by atoms with E-state index in [4.69, 9.17) is 4.74 Å². The summed E-state index contributed by atoms with van der Waals surface area (Å²) in [7, 11) is 2.18. The third kappa shape index (κ3) is 7.27. The predicted octanol–water partition coefficient (Wildman–Crippen LogP) is 4.86. The number of hydrogen-bond acceptors (Lipinski definition) is 11. The molecule has 13 nitrogen and oxygen atoms in total. The van der Waals surface area contributed by atoms with Crippen molar-refractivity contribution in [3.63, 3.8) is 0 Å². The Balaban J connectivity index is 0.876. The van der Waals surface area contributed by atoms with E-state index in [-0.39, 0.29) is 48.1 Å². The van der Waals surface area contributed by atoms with Gasteiger partial charge in [-0.25, -0.2) is 9.48 Å². The van der Waals surface area contributed by atoms with Crippen LogP contribution in [-0.4, -0.2) is 85.0 Å². The number of nitrogens with zero attached hydrogens (tertiary/aromatic N) is 4. The van der Waals surface area contributed by atoms with Crippen molar-refractivity contribution in [2.75, 3.05) is 32.1 Å². The molecule has 1 amide bonds. The highest BCUT2D eigenvalue weighted by molar-refractivity contribution is 7.10. The maximum absolute atomic E-state index is 12.4. The fourth-order valence-corrected chi connectivity index (χ4v) is 9.58. The summed E-state index contributed by atoms with van der Waals surface area (Å²) in [4.78, 5) is 27.2. The molecule has 7 rings (SSSR count). The van der Waals surface area contributed by atoms with Crippen LogP contribution in [0, 0.1) is 5.92 Å². The fourth-order valence-electron chi connectivity index (χ4n) is 8.43. The van der Waals surface area contributed by atoms with Crippen LogP contribution in [-0.2, 0) is 28.3 Å². The second kappa shape index (κ2) is 15.5. The van der Waals surface area contributed by atoms with Crippen LogP contribution < -0.4 is 15.4 Å². The van der Waals surface area contributed by atoms with Crippen molar-refractivity contribution in [2.24, 2.45) is 5.92 Å². The average molecular weight is 733 g/mol. The third-order valence-electron chi connectivity index (χ3n) is 11.3. The van der Waals surface area contributed by atoms with Gasteiger partial charge in [0.05, 0.1) is 16.5 Å². The SMILES string of the molecule is CN(CCCn1nnc2cc(CNC[C@H](O)c3ccc(O)c4c3OCC(=O)N4)ccc21)[C@H]1CC[C@H](c2ccsc2[C@@](O)(C(=O)O)C2CCCC2)CC1. The summed E-state index contributed by atoms with van der Waals surface area (Å²) in [5.74, 6) is -1.25. The summed E-state index contributed by atoms with van der Waals surface area (Å²) in [5, 5.41) is 59.3. The number of aliphatic hydroxyl groups is 2. The Morgan fingerprint density at radius 2 is 1.94 bits per heavy atom. The zero-order valence-corrected chi connectivity index (χ0v) is 30.3. The Kier molecular flexibility index (Phi) is 10.8. The Morgan fingerprint density at radius 1 is 1.15 bits per heavy atom. The number of phenolic OH excluding ortho intramolecular Hbond substituents is 1. The van der Waals surface area contributed by atoms with Crippen LogP contribution in [0.25, 0.3) is 11.0 Å². The van der Waals surface area contributed by atoms with Gasteiger partial charge in [0.2, 0.25) is 0 Å². The van der Waals surface area contributed by atoms with Crippen molar-refractivity contribution >= 4 is 39.9 Å². The van der Waals surface area contributed by atoms with Gasteiger partial charge >= 0.3 is 5.97 Å². The molecule has 3 heterocycles. The van der Waals surface area contributed by atoms with Gasteiger partial charge < -0.3 is 40.7 Å². The molecule has 6 N–H and O–H groups in total. The zero-order chi connectivity index (χ0) is 36.4. The van der Waals surface area contributed by atoms with E-state index < -0.39 is 17.7 Å². The highest BCUT2D eigenvalue weighted by atomic mass is 32.1. The van der Waals surface area contributed by atoms with E-state index in [9.17, 15) is 30.0 Å². The molecule has 0 saturated heterocycles. The third-order valence-corrected chi connectivity index (χ3v) is 12.4. The number of anilines is 1. The number of amides is 1. The molecule has 2 atom stereocenters. The minimum Gasteiger partial charge on any atom is -0.506 e. The number of fused-ring (bicyclic) bond motifs is 2. The van der Waals surface area contributed by atoms with Crippen LogP contribution in [0.4, 0.5) is 5.69 Å². The molecule has 0 bridgehead atoms. The zero-order valence-electron chi connectivity index (χ0n) is 29.5. The number of carbonyl (C=O) groups is 2. The van der Waals surface area contributed by atoms with E-state index in [0.29, 0.717) is 23.0 Å². The molecule has 2 aliphatic carbocycles. The molecule has 14 heteroatoms. The van der Waals surface area contributed by atoms with Crippen LogP contribution in [0.5, 0.6) is 11.5 Å². The highest BCUT2D eigenvalue weighted by Gasteiger charge is 2.49. The van der Waals surface area contributed by atoms with E-state index in [1.54, 1.807) is 6.07 Å². The van der Waals surface area contributed by atoms with Crippen LogP contribution in [0.2, 0.25) is 0 Å². The van der Waals surface area contributed by atoms with Crippen LogP contribution >= 0.6 is 11.3 Å². The lowest BCUT2D eigenvalue weighted by atomic mass is 9.76. The van der Waals surface area contributed by atoms with Gasteiger partial charge in [0.15, 0.2) is 18.0 Å². The second-order valence-corrected chi connectivity index (χ2v) is 15.5. The van der Waals surface area contributed by atoms with Gasteiger partial charge in [-0.1, -0.05) is 24.1 Å². The smallest absolute Gasteiger partial charge is 0.341 e. The van der Waals surface area contributed by atoms with Gasteiger partial charge in [-0.3, -0.25) is 4.79 Å². The number of phenols is 1. The Morgan fingerprint density at radius 3 is 2.71 bits per heavy atom. The molecule has 278 valence electrons. The summed E-state index contributed by atoms with van der Waals surface area (Å²) in [6.45, 7) is 2.22. The van der Waals surface area contributed by atoms with E-state index in [2.05, 4.69) is 32.9 Å². The average Bonchev–Trinajstić information content (AvgIpc) is 3.94. The number of carboxylic acid groups (broad SMARTS) is 1. The number of ether oxygens (including phenoxy) is 1. The van der Waals surface area contributed by atoms with E-state index in [1.807, 2.05) is 34.3 Å². The van der Waals surface area contributed by atoms with E-state index in [1.165, 1.54) is 17.4 Å². The molecule has 2 fully saturated rings. The first-order valence-electron chi connectivity index (χ1n) is 18.4. The number of benzene rings is 2. The summed E-state index contributed by atoms with van der Waals surface area (Å²) in [6.07, 6.45) is 7.53. The van der Waals surface area contributed by atoms with E-state index >= 15 is 0 Å². The summed E-state index contributed by atoms with van der Waals surface area (Å²) in [5.41, 5.74) is 2.68. The minimum atomic E-state index is -1.78. The summed E-state index contributed by atoms with van der Waals surface area (Å²) in [6, 6.07) is 11.6. The normalized spacial score (nSPS) is 21.1. The molecule has 2 aromatic heterocycles. The van der Waals surface area contributed by atoms with Crippen molar-refractivity contribution in [1.82, 2.24) is 25.2 Å². The van der Waals surface area contributed by atoms with Crippen molar-refractivity contribution in [2.45, 2.75) is 94.5 Å². The van der Waals surface area contributed by atoms with Crippen molar-refractivity contribution < 1.29 is 34.8 Å². The number of nitrogens with one attached hydrogen (secondary N) is 2. The standard InChI is InChI=1S/C38H48N6O7S/c1-43(26-10-8-24(9-11-26)27-15-18-52-36(27)38(50,37(48)49)25-5-2-3-6-25)16-4-17-44-30-13-7-23(19-29(30)41-42-44)20-39-21-32(46)28-12-14-31(45)34-35(28)51-22-33(47)40-34/h7,12-15,18-19,24-26,32,39,45-46,50H,2-6,8-11,16-17,20-22H2,1H3,(H,40,47)(H,48,49)/t24-,26-,32-,38+/m0/s1. The van der Waals surface area contributed by atoms with Gasteiger partial charge in [0.25, 0.3) is 5.91 Å². The van der Waals surface area contributed by atoms with Crippen molar-refractivity contribution in [3.05, 3.63) is 63.3 Å². The maximum Gasteiger partial charge on any atom is 0.341 e. The van der Waals surface area contributed by atoms with Gasteiger partial charge in [-0.2, -0.15) is 0 Å². The first kappa shape index (κ1) is 36.3. The molecule has 2 saturated carbocycles. The highest BCUT2D eigenvalue weighted by Crippen LogP contribution is 2.48. The minimum absolute atomic E-state index is 0.113. The molecule has 3 aliphatic rings. The molecule has 4 aromatic rings. The molecule has 0 spiro atoms. The van der Waals surface area contributed by atoms with Gasteiger partial charge in [0, 0.05) is 37.2 Å². The lowest BCUT2D eigenvalue weighted by molar-refractivity contribution is -0.166. The molecule has 52 heavy (non-hydrogen) atoms. The van der Waals surface area contributed by atoms with Crippen LogP contribution in [0.15, 0.2) is 41.8 Å². The second-order valence-electron chi connectivity index (χ2n) is 14.6. The lowest BCUT2D eigenvalue weighted by Crippen LogP contribution is -2.42. The first-order valence-corrected chi connectivity index (χ1v) is 19.2. The number of aliphatic carboxylic acids is 1. The Bertz CT molecular complexity index is 1900. The van der Waals surface area contributed by atoms with Crippen LogP contribution in [0.1, 0.15) is 91.4 Å². The number of carboxylic acids is 1. The van der Waals surface area contributed by atoms with Crippen LogP contribution in [0.3, 0.4) is 0 Å². The number of aryl methyl sites for hydroxylation is 1. The quantitative estimate of drug-likeness (QED) is 0.0974. The number of thiophene rings is 1. The number of rotatable bonds is 14. The van der Waals surface area contributed by atoms with Gasteiger partial charge in [0.1, 0.15) is 17.0 Å².